The number of benzene rings is 1. The molecule has 1 rings (SSSR count). The van der Waals surface area contributed by atoms with Crippen molar-refractivity contribution in [3.8, 4) is 0 Å². The molecule has 0 amide bonds. The summed E-state index contributed by atoms with van der Waals surface area (Å²) >= 11 is 1.89. The van der Waals surface area contributed by atoms with E-state index in [2.05, 4.69) is 50.5 Å². The Balaban J connectivity index is 2.88. The van der Waals surface area contributed by atoms with Crippen LogP contribution in [0.3, 0.4) is 0 Å². The quantitative estimate of drug-likeness (QED) is 0.822. The van der Waals surface area contributed by atoms with E-state index in [1.165, 1.54) is 16.7 Å². The summed E-state index contributed by atoms with van der Waals surface area (Å²) in [6, 6.07) is 7.29. The van der Waals surface area contributed by atoms with Crippen LogP contribution in [0.15, 0.2) is 18.2 Å². The van der Waals surface area contributed by atoms with Gasteiger partial charge in [0.05, 0.1) is 0 Å². The SMILES string of the molecule is CCNC(CSC)c1cc(C)cc(C)c1. The van der Waals surface area contributed by atoms with E-state index in [1.807, 2.05) is 11.8 Å². The lowest BCUT2D eigenvalue weighted by Crippen LogP contribution is -2.23. The lowest BCUT2D eigenvalue weighted by molar-refractivity contribution is 0.605. The molecule has 0 heterocycles. The Morgan fingerprint density at radius 1 is 1.20 bits per heavy atom. The average Bonchev–Trinajstić information content (AvgIpc) is 2.16. The van der Waals surface area contributed by atoms with Gasteiger partial charge < -0.3 is 5.32 Å². The maximum Gasteiger partial charge on any atom is 0.0411 e. The molecule has 15 heavy (non-hydrogen) atoms. The second-order valence-electron chi connectivity index (χ2n) is 3.99. The molecule has 2 heteroatoms. The van der Waals surface area contributed by atoms with Gasteiger partial charge >= 0.3 is 0 Å². The summed E-state index contributed by atoms with van der Waals surface area (Å²) < 4.78 is 0. The van der Waals surface area contributed by atoms with E-state index in [9.17, 15) is 0 Å². The monoisotopic (exact) mass is 223 g/mol. The molecule has 0 aliphatic rings. The lowest BCUT2D eigenvalue weighted by atomic mass is 10.0. The van der Waals surface area contributed by atoms with Gasteiger partial charge in [0.25, 0.3) is 0 Å². The maximum absolute atomic E-state index is 3.53. The van der Waals surface area contributed by atoms with E-state index >= 15 is 0 Å². The van der Waals surface area contributed by atoms with Gasteiger partial charge in [0.2, 0.25) is 0 Å². The second kappa shape index (κ2) is 6.19. The molecule has 1 unspecified atom stereocenters. The van der Waals surface area contributed by atoms with Crippen LogP contribution in [-0.2, 0) is 0 Å². The Bertz CT molecular complexity index is 283. The fraction of sp³-hybridized carbons (Fsp3) is 0.538. The number of hydrogen-bond donors (Lipinski definition) is 1. The molecule has 1 nitrogen and oxygen atoms in total. The molecular formula is C13H21NS. The number of hydrogen-bond acceptors (Lipinski definition) is 2. The van der Waals surface area contributed by atoms with E-state index in [0.29, 0.717) is 6.04 Å². The minimum absolute atomic E-state index is 0.489. The van der Waals surface area contributed by atoms with Crippen LogP contribution in [0, 0.1) is 13.8 Å². The third kappa shape index (κ3) is 3.88. The van der Waals surface area contributed by atoms with Crippen LogP contribution in [0.4, 0.5) is 0 Å². The van der Waals surface area contributed by atoms with Crippen molar-refractivity contribution < 1.29 is 0 Å². The second-order valence-corrected chi connectivity index (χ2v) is 4.90. The first kappa shape index (κ1) is 12.6. The Hall–Kier alpha value is -0.470. The summed E-state index contributed by atoms with van der Waals surface area (Å²) in [5.74, 6) is 1.14. The van der Waals surface area contributed by atoms with E-state index in [4.69, 9.17) is 0 Å². The first-order valence-electron chi connectivity index (χ1n) is 5.48. The van der Waals surface area contributed by atoms with Crippen molar-refractivity contribution in [1.29, 1.82) is 0 Å². The van der Waals surface area contributed by atoms with Gasteiger partial charge in [-0.2, -0.15) is 11.8 Å². The Labute approximate surface area is 97.7 Å². The molecule has 0 saturated heterocycles. The molecule has 1 N–H and O–H groups in total. The molecule has 0 aliphatic carbocycles. The summed E-state index contributed by atoms with van der Waals surface area (Å²) in [7, 11) is 0. The van der Waals surface area contributed by atoms with Crippen molar-refractivity contribution in [2.75, 3.05) is 18.6 Å². The molecule has 0 spiro atoms. The molecule has 0 saturated carbocycles. The number of aryl methyl sites for hydroxylation is 2. The van der Waals surface area contributed by atoms with E-state index in [0.717, 1.165) is 12.3 Å². The predicted molar refractivity (Wildman–Crippen MR) is 70.7 cm³/mol. The standard InChI is InChI=1S/C13H21NS/c1-5-14-13(9-15-4)12-7-10(2)6-11(3)8-12/h6-8,13-14H,5,9H2,1-4H3. The Morgan fingerprint density at radius 2 is 1.80 bits per heavy atom. The fourth-order valence-corrected chi connectivity index (χ4v) is 2.54. The maximum atomic E-state index is 3.53. The van der Waals surface area contributed by atoms with Gasteiger partial charge in [-0.3, -0.25) is 0 Å². The highest BCUT2D eigenvalue weighted by Crippen LogP contribution is 2.19. The largest absolute Gasteiger partial charge is 0.310 e. The highest BCUT2D eigenvalue weighted by Gasteiger charge is 2.09. The highest BCUT2D eigenvalue weighted by molar-refractivity contribution is 7.98. The zero-order valence-corrected chi connectivity index (χ0v) is 10.9. The van der Waals surface area contributed by atoms with Crippen molar-refractivity contribution in [2.24, 2.45) is 0 Å². The number of rotatable bonds is 5. The first-order valence-corrected chi connectivity index (χ1v) is 6.87. The fourth-order valence-electron chi connectivity index (χ4n) is 1.90. The molecule has 0 bridgehead atoms. The third-order valence-electron chi connectivity index (χ3n) is 2.43. The van der Waals surface area contributed by atoms with Crippen LogP contribution in [0.2, 0.25) is 0 Å². The average molecular weight is 223 g/mol. The third-order valence-corrected chi connectivity index (χ3v) is 3.10. The van der Waals surface area contributed by atoms with Crippen LogP contribution < -0.4 is 5.32 Å². The van der Waals surface area contributed by atoms with Gasteiger partial charge in [-0.25, -0.2) is 0 Å². The molecule has 0 fully saturated rings. The van der Waals surface area contributed by atoms with Crippen molar-refractivity contribution in [1.82, 2.24) is 5.32 Å². The zero-order chi connectivity index (χ0) is 11.3. The van der Waals surface area contributed by atoms with Crippen molar-refractivity contribution in [3.05, 3.63) is 34.9 Å². The summed E-state index contributed by atoms with van der Waals surface area (Å²) in [5, 5.41) is 3.53. The first-order chi connectivity index (χ1) is 7.17. The molecule has 0 radical (unpaired) electrons. The number of thioether (sulfide) groups is 1. The highest BCUT2D eigenvalue weighted by atomic mass is 32.2. The van der Waals surface area contributed by atoms with Gasteiger partial charge in [0.15, 0.2) is 0 Å². The van der Waals surface area contributed by atoms with Crippen molar-refractivity contribution >= 4 is 11.8 Å². The normalized spacial score (nSPS) is 12.8. The van der Waals surface area contributed by atoms with Crippen molar-refractivity contribution in [2.45, 2.75) is 26.8 Å². The van der Waals surface area contributed by atoms with Gasteiger partial charge in [0, 0.05) is 11.8 Å². The van der Waals surface area contributed by atoms with E-state index in [1.54, 1.807) is 0 Å². The lowest BCUT2D eigenvalue weighted by Gasteiger charge is -2.18. The van der Waals surface area contributed by atoms with Crippen LogP contribution >= 0.6 is 11.8 Å². The molecule has 0 aliphatic heterocycles. The molecule has 0 aromatic heterocycles. The van der Waals surface area contributed by atoms with E-state index < -0.39 is 0 Å². The van der Waals surface area contributed by atoms with Gasteiger partial charge in [-0.05, 0) is 32.2 Å². The molecular weight excluding hydrogens is 202 g/mol. The van der Waals surface area contributed by atoms with Gasteiger partial charge in [0.1, 0.15) is 0 Å². The molecule has 84 valence electrons. The zero-order valence-electron chi connectivity index (χ0n) is 10.1. The summed E-state index contributed by atoms with van der Waals surface area (Å²) in [4.78, 5) is 0. The summed E-state index contributed by atoms with van der Waals surface area (Å²) in [6.45, 7) is 7.52. The van der Waals surface area contributed by atoms with Crippen molar-refractivity contribution in [3.63, 3.8) is 0 Å². The summed E-state index contributed by atoms with van der Waals surface area (Å²) in [5.41, 5.74) is 4.13. The molecule has 1 aromatic rings. The van der Waals surface area contributed by atoms with Gasteiger partial charge in [-0.1, -0.05) is 36.2 Å². The minimum Gasteiger partial charge on any atom is -0.310 e. The van der Waals surface area contributed by atoms with Crippen LogP contribution in [0.5, 0.6) is 0 Å². The van der Waals surface area contributed by atoms with Crippen LogP contribution in [0.25, 0.3) is 0 Å². The van der Waals surface area contributed by atoms with Crippen LogP contribution in [-0.4, -0.2) is 18.6 Å². The predicted octanol–water partition coefficient (Wildman–Crippen LogP) is 3.32. The Kier molecular flexibility index (Phi) is 5.20. The van der Waals surface area contributed by atoms with Crippen LogP contribution in [0.1, 0.15) is 29.7 Å². The van der Waals surface area contributed by atoms with E-state index in [-0.39, 0.29) is 0 Å². The summed E-state index contributed by atoms with van der Waals surface area (Å²) in [6.07, 6.45) is 2.16. The molecule has 1 aromatic carbocycles. The topological polar surface area (TPSA) is 12.0 Å². The number of nitrogens with one attached hydrogen (secondary N) is 1. The molecule has 1 atom stereocenters. The Morgan fingerprint density at radius 3 is 2.27 bits per heavy atom. The van der Waals surface area contributed by atoms with Gasteiger partial charge in [-0.15, -0.1) is 0 Å². The smallest absolute Gasteiger partial charge is 0.0411 e. The minimum atomic E-state index is 0.489.